The Labute approximate surface area is 183 Å². The van der Waals surface area contributed by atoms with Crippen molar-refractivity contribution in [2.45, 2.75) is 25.4 Å². The van der Waals surface area contributed by atoms with Gasteiger partial charge in [-0.3, -0.25) is 14.6 Å². The number of carbonyl (C=O) groups excluding carboxylic acids is 2. The summed E-state index contributed by atoms with van der Waals surface area (Å²) in [4.78, 5) is 29.2. The maximum Gasteiger partial charge on any atom is 0.176 e. The van der Waals surface area contributed by atoms with Gasteiger partial charge in [0, 0.05) is 18.7 Å². The minimum atomic E-state index is -0.108. The largest absolute Gasteiger partial charge is 0.301 e. The lowest BCUT2D eigenvalue weighted by atomic mass is 9.95. The van der Waals surface area contributed by atoms with Crippen molar-refractivity contribution < 1.29 is 9.59 Å². The molecule has 1 unspecified atom stereocenters. The summed E-state index contributed by atoms with van der Waals surface area (Å²) >= 11 is 0. The number of piperidine rings is 1. The monoisotopic (exact) mass is 412 g/mol. The van der Waals surface area contributed by atoms with Gasteiger partial charge < -0.3 is 4.79 Å². The molecule has 0 aliphatic carbocycles. The van der Waals surface area contributed by atoms with E-state index in [1.54, 1.807) is 0 Å². The Balaban J connectivity index is 1.15. The van der Waals surface area contributed by atoms with Gasteiger partial charge in [-0.1, -0.05) is 60.7 Å². The van der Waals surface area contributed by atoms with Gasteiger partial charge in [0.05, 0.1) is 12.6 Å². The van der Waals surface area contributed by atoms with Crippen LogP contribution in [0.1, 0.15) is 40.4 Å². The molecule has 1 saturated heterocycles. The molecule has 0 amide bonds. The smallest absolute Gasteiger partial charge is 0.176 e. The van der Waals surface area contributed by atoms with Gasteiger partial charge in [0.2, 0.25) is 0 Å². The number of fused-ring (bicyclic) bond motifs is 2. The van der Waals surface area contributed by atoms with Crippen molar-refractivity contribution in [3.05, 3.63) is 83.4 Å². The van der Waals surface area contributed by atoms with E-state index in [-0.39, 0.29) is 11.8 Å². The van der Waals surface area contributed by atoms with Crippen molar-refractivity contribution >= 4 is 22.8 Å². The highest BCUT2D eigenvalue weighted by atomic mass is 16.1. The van der Waals surface area contributed by atoms with Gasteiger partial charge in [-0.15, -0.1) is 0 Å². The first-order valence-electron chi connectivity index (χ1n) is 11.2. The van der Waals surface area contributed by atoms with E-state index in [0.717, 1.165) is 67.2 Å². The van der Waals surface area contributed by atoms with Crippen molar-refractivity contribution in [1.82, 2.24) is 9.80 Å². The van der Waals surface area contributed by atoms with Crippen LogP contribution in [0.5, 0.6) is 0 Å². The van der Waals surface area contributed by atoms with E-state index in [4.69, 9.17) is 0 Å². The standard InChI is InChI=1S/C27H28N2O2/c30-19-26-25-8-4-3-7-24(25)17-29(26)16-20-11-13-28(14-12-20)18-27(31)23-10-9-21-5-1-2-6-22(21)15-23/h1-10,15,19-20,26H,11-14,16-18H2. The van der Waals surface area contributed by atoms with Crippen LogP contribution in [0.15, 0.2) is 66.7 Å². The molecule has 0 bridgehead atoms. The van der Waals surface area contributed by atoms with Crippen molar-refractivity contribution in [2.75, 3.05) is 26.2 Å². The van der Waals surface area contributed by atoms with Crippen LogP contribution in [0, 0.1) is 5.92 Å². The second kappa shape index (κ2) is 8.74. The molecule has 5 rings (SSSR count). The van der Waals surface area contributed by atoms with Gasteiger partial charge in [-0.2, -0.15) is 0 Å². The minimum absolute atomic E-state index is 0.108. The Morgan fingerprint density at radius 2 is 1.68 bits per heavy atom. The van der Waals surface area contributed by atoms with Gasteiger partial charge in [0.1, 0.15) is 6.29 Å². The third-order valence-electron chi connectivity index (χ3n) is 6.91. The molecule has 0 spiro atoms. The molecule has 3 aromatic carbocycles. The summed E-state index contributed by atoms with van der Waals surface area (Å²) in [5.74, 6) is 0.768. The van der Waals surface area contributed by atoms with Crippen molar-refractivity contribution in [2.24, 2.45) is 5.92 Å². The Kier molecular flexibility index (Phi) is 5.66. The number of benzene rings is 3. The number of aldehydes is 1. The maximum absolute atomic E-state index is 12.8. The fourth-order valence-electron chi connectivity index (χ4n) is 5.13. The van der Waals surface area contributed by atoms with Crippen LogP contribution >= 0.6 is 0 Å². The first-order valence-corrected chi connectivity index (χ1v) is 11.2. The van der Waals surface area contributed by atoms with Crippen molar-refractivity contribution in [3.63, 3.8) is 0 Å². The molecule has 0 radical (unpaired) electrons. The van der Waals surface area contributed by atoms with E-state index >= 15 is 0 Å². The van der Waals surface area contributed by atoms with Crippen LogP contribution in [0.2, 0.25) is 0 Å². The zero-order valence-electron chi connectivity index (χ0n) is 17.7. The first-order chi connectivity index (χ1) is 15.2. The zero-order valence-corrected chi connectivity index (χ0v) is 17.7. The summed E-state index contributed by atoms with van der Waals surface area (Å²) in [6.07, 6.45) is 3.23. The molecular formula is C27H28N2O2. The molecule has 1 atom stereocenters. The number of likely N-dealkylation sites (tertiary alicyclic amines) is 1. The number of nitrogens with zero attached hydrogens (tertiary/aromatic N) is 2. The molecule has 3 aromatic rings. The normalized spacial score (nSPS) is 20.1. The lowest BCUT2D eigenvalue weighted by Gasteiger charge is -2.34. The van der Waals surface area contributed by atoms with Gasteiger partial charge in [-0.25, -0.2) is 0 Å². The van der Waals surface area contributed by atoms with E-state index < -0.39 is 0 Å². The van der Waals surface area contributed by atoms with E-state index in [9.17, 15) is 9.59 Å². The third kappa shape index (κ3) is 4.18. The Hall–Kier alpha value is -2.82. The second-order valence-corrected chi connectivity index (χ2v) is 8.91. The van der Waals surface area contributed by atoms with Gasteiger partial charge in [0.25, 0.3) is 0 Å². The van der Waals surface area contributed by atoms with Gasteiger partial charge >= 0.3 is 0 Å². The molecule has 0 N–H and O–H groups in total. The molecule has 31 heavy (non-hydrogen) atoms. The molecule has 2 aliphatic rings. The average molecular weight is 413 g/mol. The zero-order chi connectivity index (χ0) is 21.2. The Morgan fingerprint density at radius 1 is 0.935 bits per heavy atom. The molecule has 158 valence electrons. The van der Waals surface area contributed by atoms with E-state index in [0.29, 0.717) is 12.5 Å². The Morgan fingerprint density at radius 3 is 2.48 bits per heavy atom. The highest BCUT2D eigenvalue weighted by Gasteiger charge is 2.32. The molecule has 0 saturated carbocycles. The Bertz CT molecular complexity index is 1100. The predicted molar refractivity (Wildman–Crippen MR) is 123 cm³/mol. The van der Waals surface area contributed by atoms with E-state index in [1.165, 1.54) is 5.56 Å². The molecule has 2 heterocycles. The third-order valence-corrected chi connectivity index (χ3v) is 6.91. The summed E-state index contributed by atoms with van der Waals surface area (Å²) in [6.45, 7) is 4.18. The lowest BCUT2D eigenvalue weighted by molar-refractivity contribution is -0.112. The summed E-state index contributed by atoms with van der Waals surface area (Å²) in [7, 11) is 0. The molecule has 4 heteroatoms. The molecule has 1 fully saturated rings. The fraction of sp³-hybridized carbons (Fsp3) is 0.333. The number of carbonyl (C=O) groups is 2. The van der Waals surface area contributed by atoms with Crippen LogP contribution in [0.25, 0.3) is 10.8 Å². The number of rotatable bonds is 6. The summed E-state index contributed by atoms with van der Waals surface area (Å²) in [5, 5.41) is 2.28. The fourth-order valence-corrected chi connectivity index (χ4v) is 5.13. The van der Waals surface area contributed by atoms with Crippen LogP contribution in [0.4, 0.5) is 0 Å². The molecular weight excluding hydrogens is 384 g/mol. The molecule has 2 aliphatic heterocycles. The van der Waals surface area contributed by atoms with E-state index in [2.05, 4.69) is 40.1 Å². The topological polar surface area (TPSA) is 40.6 Å². The minimum Gasteiger partial charge on any atom is -0.301 e. The van der Waals surface area contributed by atoms with Crippen molar-refractivity contribution in [1.29, 1.82) is 0 Å². The van der Waals surface area contributed by atoms with Gasteiger partial charge in [0.15, 0.2) is 5.78 Å². The first kappa shape index (κ1) is 20.1. The predicted octanol–water partition coefficient (Wildman–Crippen LogP) is 4.49. The lowest BCUT2D eigenvalue weighted by Crippen LogP contribution is -2.40. The van der Waals surface area contributed by atoms with Crippen LogP contribution < -0.4 is 0 Å². The van der Waals surface area contributed by atoms with Crippen LogP contribution in [0.3, 0.4) is 0 Å². The highest BCUT2D eigenvalue weighted by molar-refractivity contribution is 6.01. The second-order valence-electron chi connectivity index (χ2n) is 8.91. The summed E-state index contributed by atoms with van der Waals surface area (Å²) in [5.41, 5.74) is 3.23. The van der Waals surface area contributed by atoms with Gasteiger partial charge in [-0.05, 0) is 59.8 Å². The summed E-state index contributed by atoms with van der Waals surface area (Å²) in [6, 6.07) is 22.3. The number of hydrogen-bond acceptors (Lipinski definition) is 4. The average Bonchev–Trinajstić information content (AvgIpc) is 3.17. The van der Waals surface area contributed by atoms with Crippen LogP contribution in [-0.2, 0) is 11.3 Å². The van der Waals surface area contributed by atoms with Crippen LogP contribution in [-0.4, -0.2) is 48.0 Å². The summed E-state index contributed by atoms with van der Waals surface area (Å²) < 4.78 is 0. The maximum atomic E-state index is 12.8. The van der Waals surface area contributed by atoms with Crippen molar-refractivity contribution in [3.8, 4) is 0 Å². The number of Topliss-reactive ketones (excluding diaryl/α,β-unsaturated/α-hetero) is 1. The number of hydrogen-bond donors (Lipinski definition) is 0. The molecule has 0 aromatic heterocycles. The highest BCUT2D eigenvalue weighted by Crippen LogP contribution is 2.34. The SMILES string of the molecule is O=CC1c2ccccc2CN1CC1CCN(CC(=O)c2ccc3ccccc3c2)CC1. The van der Waals surface area contributed by atoms with E-state index in [1.807, 2.05) is 36.4 Å². The molecule has 4 nitrogen and oxygen atoms in total. The quantitative estimate of drug-likeness (QED) is 0.442. The number of ketones is 1.